The van der Waals surface area contributed by atoms with Gasteiger partial charge in [0.15, 0.2) is 0 Å². The fraction of sp³-hybridized carbons (Fsp3) is 0.321. The molecule has 2 heterocycles. The van der Waals surface area contributed by atoms with E-state index >= 15 is 0 Å². The number of carbonyl (C=O) groups is 2. The highest BCUT2D eigenvalue weighted by molar-refractivity contribution is 6.00. The second-order valence-electron chi connectivity index (χ2n) is 9.97. The number of fused-ring (bicyclic) bond motifs is 2. The molecule has 1 atom stereocenters. The average molecular weight is 476 g/mol. The number of benzene rings is 2. The summed E-state index contributed by atoms with van der Waals surface area (Å²) in [6.45, 7) is 9.91. The van der Waals surface area contributed by atoms with E-state index < -0.39 is 23.5 Å². The zero-order valence-corrected chi connectivity index (χ0v) is 20.5. The van der Waals surface area contributed by atoms with Gasteiger partial charge >= 0.3 is 11.6 Å². The molecule has 182 valence electrons. The van der Waals surface area contributed by atoms with E-state index in [2.05, 4.69) is 26.1 Å². The molecule has 0 aliphatic rings. The maximum atomic E-state index is 12.9. The van der Waals surface area contributed by atoms with Crippen molar-refractivity contribution in [3.8, 4) is 0 Å². The lowest BCUT2D eigenvalue weighted by Gasteiger charge is -2.17. The van der Waals surface area contributed by atoms with Crippen LogP contribution in [0.2, 0.25) is 0 Å². The summed E-state index contributed by atoms with van der Waals surface area (Å²) < 4.78 is 11.5. The minimum atomic E-state index is -1.14. The molecule has 7 heteroatoms. The summed E-state index contributed by atoms with van der Waals surface area (Å²) in [6, 6.07) is 9.89. The van der Waals surface area contributed by atoms with E-state index in [1.807, 2.05) is 31.2 Å². The van der Waals surface area contributed by atoms with Gasteiger partial charge in [-0.15, -0.1) is 0 Å². The first-order chi connectivity index (χ1) is 16.5. The van der Waals surface area contributed by atoms with Crippen LogP contribution in [0.3, 0.4) is 0 Å². The van der Waals surface area contributed by atoms with Crippen molar-refractivity contribution in [3.63, 3.8) is 0 Å². The van der Waals surface area contributed by atoms with Gasteiger partial charge in [-0.2, -0.15) is 0 Å². The molecule has 4 aromatic rings. The van der Waals surface area contributed by atoms with Crippen molar-refractivity contribution in [1.29, 1.82) is 0 Å². The second-order valence-corrected chi connectivity index (χ2v) is 9.97. The van der Waals surface area contributed by atoms with E-state index in [1.165, 1.54) is 0 Å². The normalized spacial score (nSPS) is 12.7. The Morgan fingerprint density at radius 1 is 1.03 bits per heavy atom. The van der Waals surface area contributed by atoms with E-state index in [9.17, 15) is 19.5 Å². The molecule has 0 saturated carbocycles. The van der Waals surface area contributed by atoms with Crippen molar-refractivity contribution in [2.75, 3.05) is 0 Å². The number of hydrogen-bond donors (Lipinski definition) is 2. The van der Waals surface area contributed by atoms with Crippen LogP contribution in [0.25, 0.3) is 21.9 Å². The number of carbonyl (C=O) groups excluding carboxylic acids is 1. The van der Waals surface area contributed by atoms with E-state index in [0.717, 1.165) is 27.5 Å². The molecule has 2 N–H and O–H groups in total. The zero-order chi connectivity index (χ0) is 25.5. The summed E-state index contributed by atoms with van der Waals surface area (Å²) in [5.41, 5.74) is 3.70. The lowest BCUT2D eigenvalue weighted by atomic mass is 9.86. The highest BCUT2D eigenvalue weighted by Crippen LogP contribution is 2.37. The predicted octanol–water partition coefficient (Wildman–Crippen LogP) is 4.81. The van der Waals surface area contributed by atoms with Crippen LogP contribution >= 0.6 is 0 Å². The fourth-order valence-electron chi connectivity index (χ4n) is 4.44. The van der Waals surface area contributed by atoms with Crippen molar-refractivity contribution < 1.29 is 23.5 Å². The Bertz CT molecular complexity index is 1490. The third kappa shape index (κ3) is 4.71. The summed E-state index contributed by atoms with van der Waals surface area (Å²) >= 11 is 0. The molecule has 0 aliphatic heterocycles. The van der Waals surface area contributed by atoms with Crippen LogP contribution in [0.15, 0.2) is 56.3 Å². The third-order valence-electron chi connectivity index (χ3n) is 6.40. The first-order valence-electron chi connectivity index (χ1n) is 11.5. The van der Waals surface area contributed by atoms with Gasteiger partial charge in [-0.3, -0.25) is 4.79 Å². The number of carboxylic acid groups (broad SMARTS) is 1. The fourth-order valence-corrected chi connectivity index (χ4v) is 4.44. The number of furan rings is 1. The van der Waals surface area contributed by atoms with Crippen molar-refractivity contribution >= 4 is 33.8 Å². The molecule has 0 radical (unpaired) electrons. The van der Waals surface area contributed by atoms with Gasteiger partial charge < -0.3 is 19.3 Å². The molecule has 2 aromatic heterocycles. The van der Waals surface area contributed by atoms with Crippen molar-refractivity contribution in [2.45, 2.75) is 58.9 Å². The van der Waals surface area contributed by atoms with Gasteiger partial charge in [0, 0.05) is 28.3 Å². The van der Waals surface area contributed by atoms with Gasteiger partial charge in [-0.25, -0.2) is 9.59 Å². The molecular weight excluding hydrogens is 446 g/mol. The molecule has 0 spiro atoms. The smallest absolute Gasteiger partial charge is 0.340 e. The van der Waals surface area contributed by atoms with Crippen LogP contribution in [0.5, 0.6) is 0 Å². The molecule has 1 amide bonds. The highest BCUT2D eigenvalue weighted by Gasteiger charge is 2.25. The van der Waals surface area contributed by atoms with Gasteiger partial charge in [0.1, 0.15) is 17.2 Å². The third-order valence-corrected chi connectivity index (χ3v) is 6.40. The first kappa shape index (κ1) is 24.3. The minimum absolute atomic E-state index is 0.139. The largest absolute Gasteiger partial charge is 0.480 e. The van der Waals surface area contributed by atoms with Gasteiger partial charge in [0.05, 0.1) is 18.2 Å². The lowest BCUT2D eigenvalue weighted by molar-refractivity contribution is -0.141. The molecule has 4 rings (SSSR count). The van der Waals surface area contributed by atoms with Crippen molar-refractivity contribution in [1.82, 2.24) is 5.32 Å². The van der Waals surface area contributed by atoms with E-state index in [0.29, 0.717) is 16.7 Å². The lowest BCUT2D eigenvalue weighted by Crippen LogP contribution is -2.43. The molecular formula is C28H29NO6. The van der Waals surface area contributed by atoms with Gasteiger partial charge in [-0.05, 0) is 36.5 Å². The summed E-state index contributed by atoms with van der Waals surface area (Å²) in [5.74, 6) is -1.70. The molecule has 0 fully saturated rings. The maximum Gasteiger partial charge on any atom is 0.340 e. The Kier molecular flexibility index (Phi) is 6.28. The standard InChI is InChI=1S/C28H29NO6/c1-15-18-12-20-21(28(3,4)5)14-34-24(20)16(2)25(18)35-27(33)19(15)13-23(30)29-22(26(31)32)11-17-9-7-6-8-10-17/h6-10,12,14,22H,11,13H2,1-5H3,(H,29,30)(H,31,32)/t22-/m1/s1. The average Bonchev–Trinajstić information content (AvgIpc) is 3.23. The van der Waals surface area contributed by atoms with E-state index in [1.54, 1.807) is 25.3 Å². The Balaban J connectivity index is 1.69. The molecule has 2 aromatic carbocycles. The van der Waals surface area contributed by atoms with Crippen LogP contribution in [-0.2, 0) is 27.8 Å². The zero-order valence-electron chi connectivity index (χ0n) is 20.5. The van der Waals surface area contributed by atoms with Gasteiger partial charge in [-0.1, -0.05) is 51.1 Å². The second kappa shape index (κ2) is 9.06. The van der Waals surface area contributed by atoms with Crippen molar-refractivity contribution in [3.05, 3.63) is 80.9 Å². The molecule has 7 nitrogen and oxygen atoms in total. The summed E-state index contributed by atoms with van der Waals surface area (Å²) in [7, 11) is 0. The Labute approximate surface area is 202 Å². The number of rotatable bonds is 6. The summed E-state index contributed by atoms with van der Waals surface area (Å²) in [5, 5.41) is 13.8. The predicted molar refractivity (Wildman–Crippen MR) is 134 cm³/mol. The Morgan fingerprint density at radius 2 is 1.71 bits per heavy atom. The molecule has 0 unspecified atom stereocenters. The first-order valence-corrected chi connectivity index (χ1v) is 11.5. The van der Waals surface area contributed by atoms with Gasteiger partial charge in [0.2, 0.25) is 5.91 Å². The van der Waals surface area contributed by atoms with Crippen LogP contribution in [0, 0.1) is 13.8 Å². The molecule has 35 heavy (non-hydrogen) atoms. The summed E-state index contributed by atoms with van der Waals surface area (Å²) in [6.07, 6.45) is 1.59. The van der Waals surface area contributed by atoms with Crippen LogP contribution in [-0.4, -0.2) is 23.0 Å². The Hall–Kier alpha value is -3.87. The summed E-state index contributed by atoms with van der Waals surface area (Å²) in [4.78, 5) is 37.4. The number of nitrogens with one attached hydrogen (secondary N) is 1. The topological polar surface area (TPSA) is 110 Å². The molecule has 0 saturated heterocycles. The van der Waals surface area contributed by atoms with E-state index in [4.69, 9.17) is 8.83 Å². The van der Waals surface area contributed by atoms with Crippen LogP contribution < -0.4 is 10.9 Å². The quantitative estimate of drug-likeness (QED) is 0.387. The Morgan fingerprint density at radius 3 is 2.34 bits per heavy atom. The van der Waals surface area contributed by atoms with Crippen LogP contribution in [0.4, 0.5) is 0 Å². The molecule has 0 bridgehead atoms. The number of hydrogen-bond acceptors (Lipinski definition) is 5. The number of aryl methyl sites for hydroxylation is 2. The van der Waals surface area contributed by atoms with E-state index in [-0.39, 0.29) is 23.8 Å². The molecule has 0 aliphatic carbocycles. The number of aliphatic carboxylic acids is 1. The maximum absolute atomic E-state index is 12.9. The number of carboxylic acids is 1. The van der Waals surface area contributed by atoms with Crippen molar-refractivity contribution in [2.24, 2.45) is 0 Å². The monoisotopic (exact) mass is 475 g/mol. The van der Waals surface area contributed by atoms with Gasteiger partial charge in [0.25, 0.3) is 0 Å². The van der Waals surface area contributed by atoms with Crippen LogP contribution in [0.1, 0.15) is 48.6 Å². The number of amides is 1. The minimum Gasteiger partial charge on any atom is -0.480 e. The highest BCUT2D eigenvalue weighted by atomic mass is 16.4. The SMILES string of the molecule is Cc1c(CC(=O)N[C@H](Cc2ccccc2)C(=O)O)c(=O)oc2c(C)c3occ(C(C)(C)C)c3cc12.